The van der Waals surface area contributed by atoms with Gasteiger partial charge in [-0.1, -0.05) is 23.4 Å². The number of amides is 2. The van der Waals surface area contributed by atoms with Gasteiger partial charge in [0.1, 0.15) is 17.9 Å². The average molecular weight is 369 g/mol. The van der Waals surface area contributed by atoms with Crippen molar-refractivity contribution >= 4 is 17.7 Å². The number of anilines is 1. The minimum absolute atomic E-state index is 0.204. The predicted molar refractivity (Wildman–Crippen MR) is 84.6 cm³/mol. The van der Waals surface area contributed by atoms with E-state index >= 15 is 0 Å². The van der Waals surface area contributed by atoms with E-state index in [4.69, 9.17) is 4.74 Å². The number of nitrogens with zero attached hydrogens (tertiary/aromatic N) is 3. The van der Waals surface area contributed by atoms with E-state index in [0.29, 0.717) is 0 Å². The second-order valence-electron chi connectivity index (χ2n) is 6.09. The highest BCUT2D eigenvalue weighted by Crippen LogP contribution is 2.21. The van der Waals surface area contributed by atoms with Gasteiger partial charge in [-0.3, -0.25) is 4.79 Å². The molecular weight excluding hydrogens is 352 g/mol. The van der Waals surface area contributed by atoms with Gasteiger partial charge in [0.15, 0.2) is 5.69 Å². The number of hydrogen-bond acceptors (Lipinski definition) is 7. The van der Waals surface area contributed by atoms with Crippen LogP contribution in [0.15, 0.2) is 35.0 Å². The van der Waals surface area contributed by atoms with Crippen molar-refractivity contribution < 1.29 is 32.5 Å². The van der Waals surface area contributed by atoms with Crippen LogP contribution in [0.25, 0.3) is 0 Å². The van der Waals surface area contributed by atoms with Gasteiger partial charge in [0.2, 0.25) is 0 Å². The lowest BCUT2D eigenvalue weighted by Gasteiger charge is -2.25. The van der Waals surface area contributed by atoms with Crippen molar-refractivity contribution in [1.82, 2.24) is 10.3 Å². The molecule has 1 heterocycles. The van der Waals surface area contributed by atoms with E-state index in [2.05, 4.69) is 19.7 Å². The molecule has 0 bridgehead atoms. The van der Waals surface area contributed by atoms with Crippen molar-refractivity contribution in [3.05, 3.63) is 41.7 Å². The number of carbonyl (C=O) groups excluding carboxylic acids is 2. The molecule has 2 rings (SSSR count). The summed E-state index contributed by atoms with van der Waals surface area (Å²) < 4.78 is 38.3. The molecule has 0 atom stereocenters. The topological polar surface area (TPSA) is 94.8 Å². The SMILES string of the molecule is CC(C)(C)OC(=O)N(C(=O)c1nonc1COC(F)F)c1ccccc1. The van der Waals surface area contributed by atoms with Crippen LogP contribution in [0.2, 0.25) is 0 Å². The number of carbonyl (C=O) groups is 2. The molecule has 0 aliphatic rings. The first kappa shape index (κ1) is 19.4. The minimum atomic E-state index is -3.06. The van der Waals surface area contributed by atoms with Crippen LogP contribution < -0.4 is 4.90 Å². The third-order valence-corrected chi connectivity index (χ3v) is 2.90. The van der Waals surface area contributed by atoms with Crippen LogP contribution in [-0.4, -0.2) is 34.5 Å². The zero-order valence-corrected chi connectivity index (χ0v) is 14.3. The predicted octanol–water partition coefficient (Wildman–Crippen LogP) is 3.39. The molecule has 1 aromatic heterocycles. The van der Waals surface area contributed by atoms with Gasteiger partial charge in [0.05, 0.1) is 5.69 Å². The molecule has 0 saturated carbocycles. The summed E-state index contributed by atoms with van der Waals surface area (Å²) in [4.78, 5) is 26.1. The fourth-order valence-corrected chi connectivity index (χ4v) is 1.90. The molecule has 0 spiro atoms. The average Bonchev–Trinajstić information content (AvgIpc) is 3.01. The van der Waals surface area contributed by atoms with Crippen molar-refractivity contribution in [3.8, 4) is 0 Å². The van der Waals surface area contributed by atoms with E-state index in [1.165, 1.54) is 12.1 Å². The zero-order chi connectivity index (χ0) is 19.3. The van der Waals surface area contributed by atoms with Crippen molar-refractivity contribution in [1.29, 1.82) is 0 Å². The number of benzene rings is 1. The van der Waals surface area contributed by atoms with Gasteiger partial charge in [-0.05, 0) is 38.1 Å². The van der Waals surface area contributed by atoms with Gasteiger partial charge in [-0.2, -0.15) is 8.78 Å². The number of aromatic nitrogens is 2. The van der Waals surface area contributed by atoms with Crippen molar-refractivity contribution in [2.45, 2.75) is 39.6 Å². The van der Waals surface area contributed by atoms with Crippen LogP contribution in [0.3, 0.4) is 0 Å². The first-order valence-electron chi connectivity index (χ1n) is 7.52. The van der Waals surface area contributed by atoms with Crippen LogP contribution in [0.4, 0.5) is 19.3 Å². The molecule has 8 nitrogen and oxygen atoms in total. The Morgan fingerprint density at radius 1 is 1.19 bits per heavy atom. The van der Waals surface area contributed by atoms with Crippen molar-refractivity contribution in [2.75, 3.05) is 4.90 Å². The number of halogens is 2. The molecule has 26 heavy (non-hydrogen) atoms. The molecular formula is C16H17F2N3O5. The largest absolute Gasteiger partial charge is 0.443 e. The van der Waals surface area contributed by atoms with Crippen molar-refractivity contribution in [3.63, 3.8) is 0 Å². The van der Waals surface area contributed by atoms with Gasteiger partial charge in [0, 0.05) is 0 Å². The number of ether oxygens (including phenoxy) is 2. The number of rotatable bonds is 5. The molecule has 0 radical (unpaired) electrons. The van der Waals surface area contributed by atoms with E-state index in [9.17, 15) is 18.4 Å². The summed E-state index contributed by atoms with van der Waals surface area (Å²) >= 11 is 0. The molecule has 0 N–H and O–H groups in total. The quantitative estimate of drug-likeness (QED) is 0.797. The van der Waals surface area contributed by atoms with Gasteiger partial charge >= 0.3 is 12.7 Å². The Morgan fingerprint density at radius 3 is 2.42 bits per heavy atom. The zero-order valence-electron chi connectivity index (χ0n) is 14.3. The van der Waals surface area contributed by atoms with Gasteiger partial charge < -0.3 is 9.47 Å². The van der Waals surface area contributed by atoms with E-state index in [1.54, 1.807) is 39.0 Å². The van der Waals surface area contributed by atoms with E-state index in [-0.39, 0.29) is 11.4 Å². The first-order chi connectivity index (χ1) is 12.2. The minimum Gasteiger partial charge on any atom is -0.443 e. The molecule has 0 aliphatic carbocycles. The lowest BCUT2D eigenvalue weighted by Crippen LogP contribution is -2.41. The number of hydrogen-bond donors (Lipinski definition) is 0. The molecule has 2 amide bonds. The highest BCUT2D eigenvalue weighted by molar-refractivity contribution is 6.18. The van der Waals surface area contributed by atoms with E-state index in [0.717, 1.165) is 4.90 Å². The van der Waals surface area contributed by atoms with E-state index < -0.39 is 36.5 Å². The maximum Gasteiger partial charge on any atom is 0.422 e. The summed E-state index contributed by atoms with van der Waals surface area (Å²) in [5, 5.41) is 6.78. The molecule has 0 aliphatic heterocycles. The fraction of sp³-hybridized carbons (Fsp3) is 0.375. The number of imide groups is 1. The van der Waals surface area contributed by atoms with Crippen LogP contribution >= 0.6 is 0 Å². The standard InChI is InChI=1S/C16H17F2N3O5/c1-16(2,3)25-15(23)21(10-7-5-4-6-8-10)13(22)12-11(19-26-20-12)9-24-14(17)18/h4-8,14H,9H2,1-3H3. The molecule has 0 fully saturated rings. The molecule has 0 unspecified atom stereocenters. The summed E-state index contributed by atoms with van der Waals surface area (Å²) in [6.45, 7) is 1.14. The molecule has 140 valence electrons. The number of para-hydroxylation sites is 1. The van der Waals surface area contributed by atoms with Crippen LogP contribution in [0.1, 0.15) is 37.0 Å². The second-order valence-corrected chi connectivity index (χ2v) is 6.09. The van der Waals surface area contributed by atoms with Crippen LogP contribution in [0, 0.1) is 0 Å². The smallest absolute Gasteiger partial charge is 0.422 e. The first-order valence-corrected chi connectivity index (χ1v) is 7.52. The lowest BCUT2D eigenvalue weighted by molar-refractivity contribution is -0.138. The highest BCUT2D eigenvalue weighted by Gasteiger charge is 2.33. The summed E-state index contributed by atoms with van der Waals surface area (Å²) in [5.74, 6) is -0.945. The maximum atomic E-state index is 12.8. The Morgan fingerprint density at radius 2 is 1.85 bits per heavy atom. The molecule has 2 aromatic rings. The lowest BCUT2D eigenvalue weighted by atomic mass is 10.2. The number of alkyl halides is 2. The normalized spacial score (nSPS) is 11.5. The van der Waals surface area contributed by atoms with Gasteiger partial charge in [0.25, 0.3) is 5.91 Å². The summed E-state index contributed by atoms with van der Waals surface area (Å²) in [6, 6.07) is 7.93. The third kappa shape index (κ3) is 5.06. The Labute approximate surface area is 147 Å². The Balaban J connectivity index is 2.35. The Kier molecular flexibility index (Phi) is 5.98. The second kappa shape index (κ2) is 8.00. The van der Waals surface area contributed by atoms with Gasteiger partial charge in [-0.15, -0.1) is 0 Å². The maximum absolute atomic E-state index is 12.8. The fourth-order valence-electron chi connectivity index (χ4n) is 1.90. The summed E-state index contributed by atoms with van der Waals surface area (Å²) in [7, 11) is 0. The molecule has 10 heteroatoms. The van der Waals surface area contributed by atoms with Crippen LogP contribution in [0.5, 0.6) is 0 Å². The van der Waals surface area contributed by atoms with Crippen molar-refractivity contribution in [2.24, 2.45) is 0 Å². The third-order valence-electron chi connectivity index (χ3n) is 2.90. The Bertz CT molecular complexity index is 759. The highest BCUT2D eigenvalue weighted by atomic mass is 19.3. The van der Waals surface area contributed by atoms with E-state index in [1.807, 2.05) is 0 Å². The summed E-state index contributed by atoms with van der Waals surface area (Å²) in [5.41, 5.74) is -1.36. The molecule has 1 aromatic carbocycles. The van der Waals surface area contributed by atoms with Gasteiger partial charge in [-0.25, -0.2) is 14.3 Å². The summed E-state index contributed by atoms with van der Waals surface area (Å²) in [6.07, 6.45) is -0.961. The molecule has 0 saturated heterocycles. The monoisotopic (exact) mass is 369 g/mol. The van der Waals surface area contributed by atoms with Crippen LogP contribution in [-0.2, 0) is 16.1 Å². The Hall–Kier alpha value is -2.88.